The van der Waals surface area contributed by atoms with Crippen LogP contribution in [0.3, 0.4) is 0 Å². The third-order valence-corrected chi connectivity index (χ3v) is 3.48. The molecule has 0 heterocycles. The molecule has 0 bridgehead atoms. The molecule has 0 fully saturated rings. The third kappa shape index (κ3) is 5.46. The molecule has 0 radical (unpaired) electrons. The second-order valence-electron chi connectivity index (χ2n) is 4.62. The summed E-state index contributed by atoms with van der Waals surface area (Å²) in [5.41, 5.74) is 5.26. The van der Waals surface area contributed by atoms with Crippen LogP contribution in [0.15, 0.2) is 0 Å². The maximum Gasteiger partial charge on any atom is 0.303 e. The molecule has 1 atom stereocenters. The fraction of sp³-hybridized carbons (Fsp3) is 0.833. The lowest BCUT2D eigenvalue weighted by Gasteiger charge is -2.30. The van der Waals surface area contributed by atoms with Crippen LogP contribution in [0.4, 0.5) is 0 Å². The van der Waals surface area contributed by atoms with Crippen molar-refractivity contribution in [3.63, 3.8) is 0 Å². The Hall–Kier alpha value is -1.14. The lowest BCUT2D eigenvalue weighted by atomic mass is 9.83. The first kappa shape index (κ1) is 16.9. The molecule has 0 aliphatic carbocycles. The van der Waals surface area contributed by atoms with Crippen LogP contribution < -0.4 is 11.1 Å². The van der Waals surface area contributed by atoms with Crippen LogP contribution in [0.25, 0.3) is 0 Å². The van der Waals surface area contributed by atoms with Crippen LogP contribution in [-0.4, -0.2) is 41.3 Å². The van der Waals surface area contributed by atoms with E-state index in [1.807, 2.05) is 13.8 Å². The van der Waals surface area contributed by atoms with Gasteiger partial charge < -0.3 is 21.3 Å². The molecule has 0 spiro atoms. The van der Waals surface area contributed by atoms with Gasteiger partial charge in [-0.05, 0) is 19.3 Å². The Bertz CT molecular complexity index is 269. The Morgan fingerprint density at radius 3 is 2.28 bits per heavy atom. The number of aliphatic hydroxyl groups is 1. The monoisotopic (exact) mass is 260 g/mol. The normalized spacial score (nSPS) is 13.1. The molecule has 0 saturated heterocycles. The Kier molecular flexibility index (Phi) is 7.54. The van der Waals surface area contributed by atoms with Crippen molar-refractivity contribution in [2.75, 3.05) is 13.2 Å². The zero-order valence-electron chi connectivity index (χ0n) is 11.1. The fourth-order valence-electron chi connectivity index (χ4n) is 1.60. The van der Waals surface area contributed by atoms with E-state index in [0.29, 0.717) is 6.54 Å². The van der Waals surface area contributed by atoms with E-state index in [0.717, 1.165) is 12.8 Å². The summed E-state index contributed by atoms with van der Waals surface area (Å²) in [7, 11) is 0. The van der Waals surface area contributed by atoms with E-state index in [4.69, 9.17) is 10.8 Å². The van der Waals surface area contributed by atoms with Crippen LogP contribution in [-0.2, 0) is 9.59 Å². The zero-order chi connectivity index (χ0) is 14.2. The van der Waals surface area contributed by atoms with E-state index in [1.165, 1.54) is 0 Å². The molecule has 6 nitrogen and oxygen atoms in total. The van der Waals surface area contributed by atoms with Crippen molar-refractivity contribution in [2.24, 2.45) is 11.1 Å². The van der Waals surface area contributed by atoms with Gasteiger partial charge in [-0.2, -0.15) is 0 Å². The van der Waals surface area contributed by atoms with Crippen molar-refractivity contribution < 1.29 is 19.8 Å². The molecular weight excluding hydrogens is 236 g/mol. The summed E-state index contributed by atoms with van der Waals surface area (Å²) in [6.45, 7) is 4.27. The van der Waals surface area contributed by atoms with Crippen molar-refractivity contribution >= 4 is 11.9 Å². The van der Waals surface area contributed by atoms with Crippen molar-refractivity contribution in [3.05, 3.63) is 0 Å². The maximum absolute atomic E-state index is 11.6. The molecule has 0 aromatic heterocycles. The van der Waals surface area contributed by atoms with Crippen LogP contribution >= 0.6 is 0 Å². The van der Waals surface area contributed by atoms with Gasteiger partial charge in [-0.15, -0.1) is 0 Å². The topological polar surface area (TPSA) is 113 Å². The second-order valence-corrected chi connectivity index (χ2v) is 4.62. The smallest absolute Gasteiger partial charge is 0.303 e. The lowest BCUT2D eigenvalue weighted by Crippen LogP contribution is -2.46. The number of carboxylic acids is 1. The molecule has 0 aliphatic heterocycles. The molecule has 0 aliphatic rings. The van der Waals surface area contributed by atoms with E-state index < -0.39 is 12.0 Å². The standard InChI is InChI=1S/C12H24N2O4/c1-3-12(4-2,8-15)7-14-11(18)9(13)5-6-10(16)17/h9,15H,3-8,13H2,1-2H3,(H,14,18)(H,16,17). The lowest BCUT2D eigenvalue weighted by molar-refractivity contribution is -0.137. The third-order valence-electron chi connectivity index (χ3n) is 3.48. The summed E-state index contributed by atoms with van der Waals surface area (Å²) < 4.78 is 0. The van der Waals surface area contributed by atoms with Gasteiger partial charge in [0.2, 0.25) is 5.91 Å². The summed E-state index contributed by atoms with van der Waals surface area (Å²) in [5.74, 6) is -1.33. The first-order valence-electron chi connectivity index (χ1n) is 6.26. The molecule has 0 saturated carbocycles. The number of hydrogen-bond donors (Lipinski definition) is 4. The molecule has 106 valence electrons. The van der Waals surface area contributed by atoms with E-state index in [-0.39, 0.29) is 30.8 Å². The molecule has 1 amide bonds. The zero-order valence-corrected chi connectivity index (χ0v) is 11.1. The van der Waals surface area contributed by atoms with Crippen LogP contribution in [0.5, 0.6) is 0 Å². The van der Waals surface area contributed by atoms with E-state index in [9.17, 15) is 14.7 Å². The number of carboxylic acid groups (broad SMARTS) is 1. The predicted octanol–water partition coefficient (Wildman–Crippen LogP) is 0.0934. The van der Waals surface area contributed by atoms with Gasteiger partial charge >= 0.3 is 5.97 Å². The Morgan fingerprint density at radius 1 is 1.33 bits per heavy atom. The minimum absolute atomic E-state index is 0.00461. The maximum atomic E-state index is 11.6. The number of aliphatic carboxylic acids is 1. The minimum Gasteiger partial charge on any atom is -0.481 e. The highest BCUT2D eigenvalue weighted by Gasteiger charge is 2.26. The summed E-state index contributed by atoms with van der Waals surface area (Å²) in [4.78, 5) is 22.0. The van der Waals surface area contributed by atoms with Crippen LogP contribution in [0.1, 0.15) is 39.5 Å². The van der Waals surface area contributed by atoms with Gasteiger partial charge in [0.25, 0.3) is 0 Å². The largest absolute Gasteiger partial charge is 0.481 e. The highest BCUT2D eigenvalue weighted by molar-refractivity contribution is 5.82. The van der Waals surface area contributed by atoms with Crippen molar-refractivity contribution in [1.29, 1.82) is 0 Å². The Balaban J connectivity index is 4.19. The average Bonchev–Trinajstić information content (AvgIpc) is 2.37. The number of hydrogen-bond acceptors (Lipinski definition) is 4. The number of amides is 1. The molecule has 0 rings (SSSR count). The van der Waals surface area contributed by atoms with Gasteiger partial charge in [0.15, 0.2) is 0 Å². The van der Waals surface area contributed by atoms with Crippen molar-refractivity contribution in [2.45, 2.75) is 45.6 Å². The number of carbonyl (C=O) groups is 2. The highest BCUT2D eigenvalue weighted by Crippen LogP contribution is 2.24. The summed E-state index contributed by atoms with van der Waals surface area (Å²) in [6, 6.07) is -0.814. The molecule has 5 N–H and O–H groups in total. The first-order chi connectivity index (χ1) is 8.40. The van der Waals surface area contributed by atoms with Crippen molar-refractivity contribution in [1.82, 2.24) is 5.32 Å². The molecule has 18 heavy (non-hydrogen) atoms. The van der Waals surface area contributed by atoms with E-state index in [2.05, 4.69) is 5.32 Å². The quantitative estimate of drug-likeness (QED) is 0.469. The number of rotatable bonds is 9. The van der Waals surface area contributed by atoms with Crippen LogP contribution in [0, 0.1) is 5.41 Å². The van der Waals surface area contributed by atoms with Gasteiger partial charge in [-0.25, -0.2) is 0 Å². The molecular formula is C12H24N2O4. The Labute approximate surface area is 108 Å². The van der Waals surface area contributed by atoms with Gasteiger partial charge in [-0.1, -0.05) is 13.8 Å². The number of aliphatic hydroxyl groups excluding tert-OH is 1. The van der Waals surface area contributed by atoms with Gasteiger partial charge in [-0.3, -0.25) is 9.59 Å². The summed E-state index contributed by atoms with van der Waals surface area (Å²) in [5, 5.41) is 20.5. The molecule has 0 aromatic rings. The number of nitrogens with one attached hydrogen (secondary N) is 1. The summed E-state index contributed by atoms with van der Waals surface area (Å²) in [6.07, 6.45) is 1.50. The summed E-state index contributed by atoms with van der Waals surface area (Å²) >= 11 is 0. The van der Waals surface area contributed by atoms with Gasteiger partial charge in [0.05, 0.1) is 12.6 Å². The predicted molar refractivity (Wildman–Crippen MR) is 68.0 cm³/mol. The number of nitrogens with two attached hydrogens (primary N) is 1. The second kappa shape index (κ2) is 8.05. The molecule has 1 unspecified atom stereocenters. The van der Waals surface area contributed by atoms with E-state index in [1.54, 1.807) is 0 Å². The first-order valence-corrected chi connectivity index (χ1v) is 6.26. The highest BCUT2D eigenvalue weighted by atomic mass is 16.4. The minimum atomic E-state index is -0.968. The van der Waals surface area contributed by atoms with Crippen molar-refractivity contribution in [3.8, 4) is 0 Å². The van der Waals surface area contributed by atoms with Gasteiger partial charge in [0.1, 0.15) is 0 Å². The molecule has 0 aromatic carbocycles. The SMILES string of the molecule is CCC(CC)(CO)CNC(=O)C(N)CCC(=O)O. The molecule has 6 heteroatoms. The van der Waals surface area contributed by atoms with Gasteiger partial charge in [0, 0.05) is 18.4 Å². The fourth-order valence-corrected chi connectivity index (χ4v) is 1.60. The number of carbonyl (C=O) groups excluding carboxylic acids is 1. The Morgan fingerprint density at radius 2 is 1.89 bits per heavy atom. The average molecular weight is 260 g/mol. The van der Waals surface area contributed by atoms with Crippen LogP contribution in [0.2, 0.25) is 0 Å². The van der Waals surface area contributed by atoms with E-state index >= 15 is 0 Å².